The molecule has 12 heteroatoms. The van der Waals surface area contributed by atoms with Crippen molar-refractivity contribution < 1.29 is 28.7 Å². The third kappa shape index (κ3) is 9.64. The monoisotopic (exact) mass is 760 g/mol. The van der Waals surface area contributed by atoms with Crippen LogP contribution >= 0.6 is 23.1 Å². The van der Waals surface area contributed by atoms with Gasteiger partial charge in [-0.05, 0) is 78.6 Å². The van der Waals surface area contributed by atoms with Crippen LogP contribution < -0.4 is 20.7 Å². The molecule has 0 saturated carbocycles. The van der Waals surface area contributed by atoms with E-state index in [-0.39, 0.29) is 11.6 Å². The Balaban J connectivity index is 1.14. The number of ether oxygens (including phenoxy) is 2. The molecule has 0 fully saturated rings. The average molecular weight is 761 g/mol. The maximum absolute atomic E-state index is 13.7. The van der Waals surface area contributed by atoms with Crippen molar-refractivity contribution in [2.75, 3.05) is 31.4 Å². The van der Waals surface area contributed by atoms with Crippen LogP contribution in [0.15, 0.2) is 120 Å². The second-order valence-electron chi connectivity index (χ2n) is 12.5. The highest BCUT2D eigenvalue weighted by Crippen LogP contribution is 2.38. The summed E-state index contributed by atoms with van der Waals surface area (Å²) in [6.45, 7) is 4.03. The zero-order chi connectivity index (χ0) is 38.0. The fraction of sp³-hybridized carbons (Fsp3) is 0.190. The normalized spacial score (nSPS) is 13.3. The third-order valence-electron chi connectivity index (χ3n) is 8.72. The van der Waals surface area contributed by atoms with Gasteiger partial charge < -0.3 is 25.4 Å². The number of benzene rings is 4. The highest BCUT2D eigenvalue weighted by atomic mass is 32.2. The standard InChI is InChI=1S/C42H40N4O6S2/c1-27(38(47)45-41-37(42(50)52-3)34-20-21-46(26-36(34)54-41)25-28-12-6-4-7-13-28)53-33-19-11-17-31(24-33)43-40(49)35(23-29-14-10-18-32(22-29)51-2)44-39(48)30-15-8-5-9-16-30/h4-19,22-24,27H,20-21,25-26H2,1-3H3,(H,43,49)(H,44,48)(H,45,47)/b35-23-. The predicted octanol–water partition coefficient (Wildman–Crippen LogP) is 7.63. The molecule has 0 aliphatic carbocycles. The van der Waals surface area contributed by atoms with Gasteiger partial charge in [0, 0.05) is 40.7 Å². The highest BCUT2D eigenvalue weighted by molar-refractivity contribution is 8.00. The van der Waals surface area contributed by atoms with E-state index in [1.165, 1.54) is 35.8 Å². The number of hydrogen-bond donors (Lipinski definition) is 3. The predicted molar refractivity (Wildman–Crippen MR) is 214 cm³/mol. The van der Waals surface area contributed by atoms with Gasteiger partial charge in [0.25, 0.3) is 11.8 Å². The molecule has 0 spiro atoms. The zero-order valence-electron chi connectivity index (χ0n) is 30.1. The first kappa shape index (κ1) is 38.0. The number of anilines is 2. The number of nitrogens with zero attached hydrogens (tertiary/aromatic N) is 1. The van der Waals surface area contributed by atoms with Gasteiger partial charge in [-0.15, -0.1) is 23.1 Å². The van der Waals surface area contributed by atoms with E-state index in [1.54, 1.807) is 92.9 Å². The van der Waals surface area contributed by atoms with Crippen molar-refractivity contribution in [3.63, 3.8) is 0 Å². The molecule has 54 heavy (non-hydrogen) atoms. The molecule has 1 aliphatic heterocycles. The molecule has 3 amide bonds. The van der Waals surface area contributed by atoms with Crippen LogP contribution in [0.5, 0.6) is 5.75 Å². The van der Waals surface area contributed by atoms with Gasteiger partial charge in [0.1, 0.15) is 16.4 Å². The first-order valence-corrected chi connectivity index (χ1v) is 19.0. The summed E-state index contributed by atoms with van der Waals surface area (Å²) in [5.74, 6) is -1.11. The quantitative estimate of drug-likeness (QED) is 0.0636. The SMILES string of the molecule is COC(=O)c1c(NC(=O)C(C)Sc2cccc(NC(=O)/C(=C/c3cccc(OC)c3)NC(=O)c3ccccc3)c2)sc2c1CCN(Cc1ccccc1)C2. The number of hydrogen-bond acceptors (Lipinski definition) is 9. The lowest BCUT2D eigenvalue weighted by Crippen LogP contribution is -2.30. The highest BCUT2D eigenvalue weighted by Gasteiger charge is 2.30. The van der Waals surface area contributed by atoms with Crippen LogP contribution in [0.3, 0.4) is 0 Å². The Morgan fingerprint density at radius 1 is 0.889 bits per heavy atom. The van der Waals surface area contributed by atoms with Gasteiger partial charge in [0.2, 0.25) is 5.91 Å². The maximum atomic E-state index is 13.7. The first-order valence-electron chi connectivity index (χ1n) is 17.3. The van der Waals surface area contributed by atoms with Gasteiger partial charge in [0.15, 0.2) is 0 Å². The first-order chi connectivity index (χ1) is 26.2. The summed E-state index contributed by atoms with van der Waals surface area (Å²) in [4.78, 5) is 57.4. The molecule has 4 aromatic carbocycles. The number of thiophene rings is 1. The largest absolute Gasteiger partial charge is 0.497 e. The number of rotatable bonds is 13. The van der Waals surface area contributed by atoms with Crippen LogP contribution in [0, 0.1) is 0 Å². The van der Waals surface area contributed by atoms with E-state index in [1.807, 2.05) is 24.3 Å². The van der Waals surface area contributed by atoms with E-state index < -0.39 is 23.0 Å². The Morgan fingerprint density at radius 2 is 1.63 bits per heavy atom. The minimum absolute atomic E-state index is 0.0335. The van der Waals surface area contributed by atoms with Gasteiger partial charge >= 0.3 is 5.97 Å². The van der Waals surface area contributed by atoms with Crippen molar-refractivity contribution in [2.24, 2.45) is 0 Å². The van der Waals surface area contributed by atoms with Crippen molar-refractivity contribution in [3.05, 3.63) is 148 Å². The smallest absolute Gasteiger partial charge is 0.341 e. The van der Waals surface area contributed by atoms with Crippen LogP contribution in [-0.2, 0) is 33.8 Å². The van der Waals surface area contributed by atoms with Gasteiger partial charge in [0.05, 0.1) is 25.0 Å². The van der Waals surface area contributed by atoms with E-state index in [9.17, 15) is 19.2 Å². The van der Waals surface area contributed by atoms with E-state index in [4.69, 9.17) is 9.47 Å². The van der Waals surface area contributed by atoms with Gasteiger partial charge in [-0.25, -0.2) is 4.79 Å². The minimum atomic E-state index is -0.552. The maximum Gasteiger partial charge on any atom is 0.341 e. The molecule has 1 atom stereocenters. The molecule has 276 valence electrons. The van der Waals surface area contributed by atoms with Crippen molar-refractivity contribution in [1.29, 1.82) is 0 Å². The number of methoxy groups -OCH3 is 2. The van der Waals surface area contributed by atoms with Crippen molar-refractivity contribution in [2.45, 2.75) is 36.6 Å². The minimum Gasteiger partial charge on any atom is -0.497 e. The molecule has 10 nitrogen and oxygen atoms in total. The molecule has 1 unspecified atom stereocenters. The molecule has 0 bridgehead atoms. The Labute approximate surface area is 322 Å². The number of carbonyl (C=O) groups is 4. The zero-order valence-corrected chi connectivity index (χ0v) is 31.7. The molecule has 0 radical (unpaired) electrons. The molecular weight excluding hydrogens is 721 g/mol. The molecule has 1 aliphatic rings. The second-order valence-corrected chi connectivity index (χ2v) is 15.1. The van der Waals surface area contributed by atoms with E-state index in [2.05, 4.69) is 33.0 Å². The number of esters is 1. The summed E-state index contributed by atoms with van der Waals surface area (Å²) in [5.41, 5.74) is 4.13. The van der Waals surface area contributed by atoms with Crippen LogP contribution in [0.1, 0.15) is 49.2 Å². The molecule has 2 heterocycles. The molecular formula is C42H40N4O6S2. The molecule has 6 rings (SSSR count). The fourth-order valence-corrected chi connectivity index (χ4v) is 8.20. The van der Waals surface area contributed by atoms with Crippen molar-refractivity contribution in [3.8, 4) is 5.75 Å². The van der Waals surface area contributed by atoms with Gasteiger partial charge in [-0.3, -0.25) is 19.3 Å². The van der Waals surface area contributed by atoms with Crippen LogP contribution in [0.2, 0.25) is 0 Å². The molecule has 3 N–H and O–H groups in total. The fourth-order valence-electron chi connectivity index (χ4n) is 6.00. The van der Waals surface area contributed by atoms with Crippen LogP contribution in [0.4, 0.5) is 10.7 Å². The summed E-state index contributed by atoms with van der Waals surface area (Å²) >= 11 is 2.73. The van der Waals surface area contributed by atoms with Crippen molar-refractivity contribution >= 4 is 63.6 Å². The topological polar surface area (TPSA) is 126 Å². The Bertz CT molecular complexity index is 2170. The van der Waals surface area contributed by atoms with Crippen LogP contribution in [-0.4, -0.2) is 54.6 Å². The summed E-state index contributed by atoms with van der Waals surface area (Å²) in [5, 5.41) is 8.57. The van der Waals surface area contributed by atoms with Crippen molar-refractivity contribution in [1.82, 2.24) is 10.2 Å². The number of amides is 3. The Hall–Kier alpha value is -5.69. The summed E-state index contributed by atoms with van der Waals surface area (Å²) in [6, 6.07) is 33.1. The molecule has 1 aromatic heterocycles. The summed E-state index contributed by atoms with van der Waals surface area (Å²) in [7, 11) is 2.90. The summed E-state index contributed by atoms with van der Waals surface area (Å²) < 4.78 is 10.5. The Kier molecular flexibility index (Phi) is 12.6. The third-order valence-corrected chi connectivity index (χ3v) is 10.9. The Morgan fingerprint density at radius 3 is 2.37 bits per heavy atom. The second kappa shape index (κ2) is 17.9. The number of thioether (sulfide) groups is 1. The van der Waals surface area contributed by atoms with Gasteiger partial charge in [-0.1, -0.05) is 66.7 Å². The lowest BCUT2D eigenvalue weighted by molar-refractivity contribution is -0.115. The van der Waals surface area contributed by atoms with Crippen LogP contribution in [0.25, 0.3) is 6.08 Å². The number of fused-ring (bicyclic) bond motifs is 1. The van der Waals surface area contributed by atoms with E-state index in [0.717, 1.165) is 28.4 Å². The van der Waals surface area contributed by atoms with Gasteiger partial charge in [-0.2, -0.15) is 0 Å². The molecule has 5 aromatic rings. The van der Waals surface area contributed by atoms with E-state index in [0.29, 0.717) is 46.1 Å². The average Bonchev–Trinajstić information content (AvgIpc) is 3.55. The lowest BCUT2D eigenvalue weighted by Gasteiger charge is -2.27. The lowest BCUT2D eigenvalue weighted by atomic mass is 10.0. The number of nitrogens with one attached hydrogen (secondary N) is 3. The molecule has 0 saturated heterocycles. The number of carbonyl (C=O) groups excluding carboxylic acids is 4. The van der Waals surface area contributed by atoms with E-state index >= 15 is 0 Å². The summed E-state index contributed by atoms with van der Waals surface area (Å²) in [6.07, 6.45) is 2.25.